The second-order valence-corrected chi connectivity index (χ2v) is 4.16. The Morgan fingerprint density at radius 2 is 2.00 bits per heavy atom. The zero-order chi connectivity index (χ0) is 10.6. The van der Waals surface area contributed by atoms with Crippen molar-refractivity contribution < 1.29 is 9.90 Å². The van der Waals surface area contributed by atoms with Crippen LogP contribution >= 0.6 is 0 Å². The van der Waals surface area contributed by atoms with Gasteiger partial charge in [0.05, 0.1) is 0 Å². The van der Waals surface area contributed by atoms with Crippen LogP contribution in [0.3, 0.4) is 0 Å². The number of piperidine rings is 1. The standard InChI is InChI=1S/C10H20N2O2/c1-11(2)9-3-6-12(7-4-9)8-5-10(13)14/h9H,3-8H2,1-2H3,(H,13,14)/p-1. The predicted octanol–water partition coefficient (Wildman–Crippen LogP) is -0.848. The maximum absolute atomic E-state index is 10.3. The molecule has 0 amide bonds. The molecule has 0 radical (unpaired) electrons. The van der Waals surface area contributed by atoms with E-state index in [0.717, 1.165) is 25.9 Å². The summed E-state index contributed by atoms with van der Waals surface area (Å²) in [6, 6.07) is 0.661. The van der Waals surface area contributed by atoms with Crippen LogP contribution in [0.25, 0.3) is 0 Å². The van der Waals surface area contributed by atoms with E-state index in [1.807, 2.05) is 0 Å². The summed E-state index contributed by atoms with van der Waals surface area (Å²) in [4.78, 5) is 14.7. The summed E-state index contributed by atoms with van der Waals surface area (Å²) >= 11 is 0. The van der Waals surface area contributed by atoms with Gasteiger partial charge in [0.15, 0.2) is 0 Å². The van der Waals surface area contributed by atoms with Crippen molar-refractivity contribution in [2.24, 2.45) is 0 Å². The number of nitrogens with zero attached hydrogens (tertiary/aromatic N) is 2. The van der Waals surface area contributed by atoms with Gasteiger partial charge in [-0.3, -0.25) is 0 Å². The van der Waals surface area contributed by atoms with Gasteiger partial charge in [-0.1, -0.05) is 0 Å². The maximum Gasteiger partial charge on any atom is 0.0427 e. The molecule has 1 saturated heterocycles. The van der Waals surface area contributed by atoms with E-state index in [1.54, 1.807) is 0 Å². The molecule has 1 fully saturated rings. The Hall–Kier alpha value is -0.610. The minimum atomic E-state index is -0.945. The van der Waals surface area contributed by atoms with Crippen molar-refractivity contribution in [3.63, 3.8) is 0 Å². The average molecular weight is 199 g/mol. The molecule has 1 aliphatic rings. The van der Waals surface area contributed by atoms with Gasteiger partial charge in [-0.2, -0.15) is 0 Å². The lowest BCUT2D eigenvalue weighted by Gasteiger charge is -2.35. The van der Waals surface area contributed by atoms with Crippen molar-refractivity contribution in [1.29, 1.82) is 0 Å². The number of likely N-dealkylation sites (tertiary alicyclic amines) is 1. The van der Waals surface area contributed by atoms with Crippen LogP contribution in [0.2, 0.25) is 0 Å². The van der Waals surface area contributed by atoms with E-state index in [4.69, 9.17) is 0 Å². The Morgan fingerprint density at radius 3 is 2.43 bits per heavy atom. The Bertz CT molecular complexity index is 187. The Labute approximate surface area is 85.5 Å². The van der Waals surface area contributed by atoms with E-state index >= 15 is 0 Å². The topological polar surface area (TPSA) is 46.6 Å². The van der Waals surface area contributed by atoms with E-state index in [0.29, 0.717) is 12.6 Å². The molecule has 0 saturated carbocycles. The number of carboxylic acids is 1. The fourth-order valence-corrected chi connectivity index (χ4v) is 1.91. The Morgan fingerprint density at radius 1 is 1.43 bits per heavy atom. The monoisotopic (exact) mass is 199 g/mol. The van der Waals surface area contributed by atoms with Crippen molar-refractivity contribution in [2.75, 3.05) is 33.7 Å². The van der Waals surface area contributed by atoms with E-state index in [9.17, 15) is 9.90 Å². The number of carbonyl (C=O) groups is 1. The molecule has 4 heteroatoms. The fraction of sp³-hybridized carbons (Fsp3) is 0.900. The summed E-state index contributed by atoms with van der Waals surface area (Å²) in [5.41, 5.74) is 0. The summed E-state index contributed by atoms with van der Waals surface area (Å²) < 4.78 is 0. The molecule has 0 aromatic carbocycles. The van der Waals surface area contributed by atoms with Crippen LogP contribution < -0.4 is 5.11 Å². The van der Waals surface area contributed by atoms with Crippen LogP contribution in [-0.2, 0) is 4.79 Å². The van der Waals surface area contributed by atoms with Crippen LogP contribution in [0.4, 0.5) is 0 Å². The maximum atomic E-state index is 10.3. The van der Waals surface area contributed by atoms with Crippen molar-refractivity contribution in [3.05, 3.63) is 0 Å². The first kappa shape index (κ1) is 11.5. The van der Waals surface area contributed by atoms with Gasteiger partial charge in [-0.05, 0) is 46.4 Å². The molecular formula is C10H19N2O2-. The van der Waals surface area contributed by atoms with Gasteiger partial charge in [0.2, 0.25) is 0 Å². The highest BCUT2D eigenvalue weighted by molar-refractivity contribution is 5.64. The molecule has 1 rings (SSSR count). The van der Waals surface area contributed by atoms with Gasteiger partial charge < -0.3 is 19.7 Å². The lowest BCUT2D eigenvalue weighted by Crippen LogP contribution is -2.43. The molecule has 14 heavy (non-hydrogen) atoms. The molecule has 0 bridgehead atoms. The van der Waals surface area contributed by atoms with Crippen molar-refractivity contribution in [1.82, 2.24) is 9.80 Å². The van der Waals surface area contributed by atoms with Gasteiger partial charge in [0, 0.05) is 18.6 Å². The number of rotatable bonds is 4. The highest BCUT2D eigenvalue weighted by Gasteiger charge is 2.19. The number of hydrogen-bond acceptors (Lipinski definition) is 4. The van der Waals surface area contributed by atoms with Crippen LogP contribution in [-0.4, -0.2) is 55.5 Å². The van der Waals surface area contributed by atoms with Crippen LogP contribution in [0.5, 0.6) is 0 Å². The number of aliphatic carboxylic acids is 1. The predicted molar refractivity (Wildman–Crippen MR) is 52.8 cm³/mol. The van der Waals surface area contributed by atoms with E-state index in [1.165, 1.54) is 0 Å². The van der Waals surface area contributed by atoms with E-state index in [2.05, 4.69) is 23.9 Å². The van der Waals surface area contributed by atoms with Crippen LogP contribution in [0.15, 0.2) is 0 Å². The van der Waals surface area contributed by atoms with Crippen molar-refractivity contribution in [3.8, 4) is 0 Å². The smallest absolute Gasteiger partial charge is 0.0427 e. The van der Waals surface area contributed by atoms with Crippen molar-refractivity contribution >= 4 is 5.97 Å². The number of hydrogen-bond donors (Lipinski definition) is 0. The molecule has 0 aliphatic carbocycles. The second-order valence-electron chi connectivity index (χ2n) is 4.16. The van der Waals surface area contributed by atoms with Gasteiger partial charge in [-0.15, -0.1) is 0 Å². The SMILES string of the molecule is CN(C)C1CCN(CCC(=O)[O-])CC1. The molecule has 82 valence electrons. The Balaban J connectivity index is 2.19. The summed E-state index contributed by atoms with van der Waals surface area (Å²) in [5, 5.41) is 10.3. The normalized spacial score (nSPS) is 20.2. The van der Waals surface area contributed by atoms with Crippen molar-refractivity contribution in [2.45, 2.75) is 25.3 Å². The molecule has 0 aromatic heterocycles. The summed E-state index contributed by atoms with van der Waals surface area (Å²) in [6.45, 7) is 2.66. The third kappa shape index (κ3) is 3.64. The number of carbonyl (C=O) groups excluding carboxylic acids is 1. The van der Waals surface area contributed by atoms with E-state index < -0.39 is 5.97 Å². The van der Waals surface area contributed by atoms with Crippen LogP contribution in [0, 0.1) is 0 Å². The molecule has 1 heterocycles. The highest BCUT2D eigenvalue weighted by atomic mass is 16.4. The summed E-state index contributed by atoms with van der Waals surface area (Å²) in [6.07, 6.45) is 2.44. The lowest BCUT2D eigenvalue weighted by molar-refractivity contribution is -0.305. The fourth-order valence-electron chi connectivity index (χ4n) is 1.91. The minimum Gasteiger partial charge on any atom is -0.550 e. The van der Waals surface area contributed by atoms with Gasteiger partial charge in [0.1, 0.15) is 0 Å². The summed E-state index contributed by atoms with van der Waals surface area (Å²) in [7, 11) is 4.20. The second kappa shape index (κ2) is 5.32. The molecule has 0 unspecified atom stereocenters. The third-order valence-corrected chi connectivity index (χ3v) is 2.92. The first-order valence-electron chi connectivity index (χ1n) is 5.18. The molecular weight excluding hydrogens is 180 g/mol. The molecule has 0 atom stereocenters. The zero-order valence-corrected chi connectivity index (χ0v) is 9.03. The first-order chi connectivity index (χ1) is 6.59. The zero-order valence-electron chi connectivity index (χ0n) is 9.03. The Kier molecular flexibility index (Phi) is 4.35. The molecule has 0 N–H and O–H groups in total. The largest absolute Gasteiger partial charge is 0.550 e. The third-order valence-electron chi connectivity index (χ3n) is 2.92. The van der Waals surface area contributed by atoms with E-state index in [-0.39, 0.29) is 6.42 Å². The van der Waals surface area contributed by atoms with Gasteiger partial charge in [0.25, 0.3) is 0 Å². The average Bonchev–Trinajstić information content (AvgIpc) is 2.15. The molecule has 0 spiro atoms. The quantitative estimate of drug-likeness (QED) is 0.592. The molecule has 1 aliphatic heterocycles. The first-order valence-corrected chi connectivity index (χ1v) is 5.18. The minimum absolute atomic E-state index is 0.159. The van der Waals surface area contributed by atoms with Gasteiger partial charge in [-0.25, -0.2) is 0 Å². The highest BCUT2D eigenvalue weighted by Crippen LogP contribution is 2.13. The molecule has 4 nitrogen and oxygen atoms in total. The van der Waals surface area contributed by atoms with Gasteiger partial charge >= 0.3 is 0 Å². The van der Waals surface area contributed by atoms with Crippen LogP contribution in [0.1, 0.15) is 19.3 Å². The summed E-state index contributed by atoms with van der Waals surface area (Å²) in [5.74, 6) is -0.945. The number of carboxylic acid groups (broad SMARTS) is 1. The molecule has 0 aromatic rings. The lowest BCUT2D eigenvalue weighted by atomic mass is 10.0.